The highest BCUT2D eigenvalue weighted by molar-refractivity contribution is 5.60. The van der Waals surface area contributed by atoms with E-state index in [1.165, 1.54) is 30.2 Å². The van der Waals surface area contributed by atoms with Gasteiger partial charge < -0.3 is 4.90 Å². The molecule has 1 aliphatic heterocycles. The lowest BCUT2D eigenvalue weighted by Crippen LogP contribution is -2.18. The fraction of sp³-hybridized carbons (Fsp3) is 0.385. The molecule has 1 aliphatic rings. The number of nitrogens with zero attached hydrogens (tertiary/aromatic N) is 2. The van der Waals surface area contributed by atoms with Crippen molar-refractivity contribution >= 4 is 11.8 Å². The number of hydrogen-bond acceptors (Lipinski definition) is 3. The van der Waals surface area contributed by atoms with Gasteiger partial charge in [0.25, 0.3) is 0 Å². The summed E-state index contributed by atoms with van der Waals surface area (Å²) >= 11 is 0. The molecule has 0 radical (unpaired) electrons. The van der Waals surface area contributed by atoms with Crippen molar-refractivity contribution in [3.63, 3.8) is 0 Å². The summed E-state index contributed by atoms with van der Waals surface area (Å²) in [4.78, 5) is 12.2. The van der Waals surface area contributed by atoms with E-state index < -0.39 is 4.92 Å². The van der Waals surface area contributed by atoms with Gasteiger partial charge in [-0.2, -0.15) is 0 Å². The first-order valence-electron chi connectivity index (χ1n) is 5.84. The molecule has 4 nitrogen and oxygen atoms in total. The predicted octanol–water partition coefficient (Wildman–Crippen LogP) is 2.84. The van der Waals surface area contributed by atoms with Gasteiger partial charge in [-0.3, -0.25) is 10.1 Å². The van der Waals surface area contributed by atoms with Crippen LogP contribution in [0.5, 0.6) is 0 Å². The first kappa shape index (κ1) is 11.6. The highest BCUT2D eigenvalue weighted by Gasteiger charge is 2.13. The van der Waals surface area contributed by atoms with E-state index in [1.807, 2.05) is 12.1 Å². The molecule has 0 atom stereocenters. The average molecular weight is 232 g/mol. The van der Waals surface area contributed by atoms with E-state index >= 15 is 0 Å². The van der Waals surface area contributed by atoms with Crippen molar-refractivity contribution in [3.8, 4) is 0 Å². The zero-order valence-electron chi connectivity index (χ0n) is 9.93. The van der Waals surface area contributed by atoms with Gasteiger partial charge >= 0.3 is 0 Å². The number of hydrogen-bond donors (Lipinski definition) is 0. The Morgan fingerprint density at radius 1 is 1.35 bits per heavy atom. The number of nitro groups is 1. The van der Waals surface area contributed by atoms with E-state index in [0.717, 1.165) is 24.9 Å². The van der Waals surface area contributed by atoms with Crippen molar-refractivity contribution in [1.82, 2.24) is 0 Å². The van der Waals surface area contributed by atoms with Crippen LogP contribution in [0.25, 0.3) is 6.08 Å². The van der Waals surface area contributed by atoms with Crippen molar-refractivity contribution < 1.29 is 4.92 Å². The Morgan fingerprint density at radius 3 is 2.65 bits per heavy atom. The van der Waals surface area contributed by atoms with E-state index in [2.05, 4.69) is 17.9 Å². The third-order valence-corrected chi connectivity index (χ3v) is 3.06. The molecular formula is C13H16N2O2. The lowest BCUT2D eigenvalue weighted by Gasteiger charge is -2.20. The molecule has 1 aromatic rings. The molecule has 1 fully saturated rings. The van der Waals surface area contributed by atoms with Crippen LogP contribution in [0.3, 0.4) is 0 Å². The number of rotatable bonds is 3. The molecular weight excluding hydrogens is 216 g/mol. The minimum absolute atomic E-state index is 0.441. The molecule has 0 aliphatic carbocycles. The molecule has 0 aromatic heterocycles. The minimum Gasteiger partial charge on any atom is -0.371 e. The summed E-state index contributed by atoms with van der Waals surface area (Å²) in [6.45, 7) is 4.28. The zero-order chi connectivity index (χ0) is 12.3. The standard InChI is InChI=1S/C13H16N2O2/c1-11-10-12(6-9-15(16)17)4-5-13(11)14-7-2-3-8-14/h4-6,9-10H,2-3,7-8H2,1H3/b9-6-. The van der Waals surface area contributed by atoms with Gasteiger partial charge in [0.05, 0.1) is 4.92 Å². The lowest BCUT2D eigenvalue weighted by atomic mass is 10.1. The average Bonchev–Trinajstić information content (AvgIpc) is 2.79. The quantitative estimate of drug-likeness (QED) is 0.594. The van der Waals surface area contributed by atoms with Crippen LogP contribution in [0.4, 0.5) is 5.69 Å². The molecule has 4 heteroatoms. The summed E-state index contributed by atoms with van der Waals surface area (Å²) < 4.78 is 0. The second-order valence-electron chi connectivity index (χ2n) is 4.34. The summed E-state index contributed by atoms with van der Waals surface area (Å²) in [6.07, 6.45) is 5.01. The molecule has 2 rings (SSSR count). The second-order valence-corrected chi connectivity index (χ2v) is 4.34. The molecule has 0 unspecified atom stereocenters. The molecule has 17 heavy (non-hydrogen) atoms. The zero-order valence-corrected chi connectivity index (χ0v) is 9.93. The Morgan fingerprint density at radius 2 is 2.06 bits per heavy atom. The van der Waals surface area contributed by atoms with E-state index in [1.54, 1.807) is 0 Å². The fourth-order valence-electron chi connectivity index (χ4n) is 2.24. The SMILES string of the molecule is Cc1cc(/C=C\[N+](=O)[O-])ccc1N1CCCC1. The molecule has 90 valence electrons. The van der Waals surface area contributed by atoms with E-state index in [0.29, 0.717) is 0 Å². The van der Waals surface area contributed by atoms with Gasteiger partial charge in [-0.05, 0) is 43.0 Å². The van der Waals surface area contributed by atoms with Gasteiger partial charge in [0.2, 0.25) is 6.20 Å². The van der Waals surface area contributed by atoms with Crippen LogP contribution in [0, 0.1) is 17.0 Å². The van der Waals surface area contributed by atoms with Crippen LogP contribution >= 0.6 is 0 Å². The summed E-state index contributed by atoms with van der Waals surface area (Å²) in [5.41, 5.74) is 3.31. The first-order valence-corrected chi connectivity index (χ1v) is 5.84. The van der Waals surface area contributed by atoms with Gasteiger partial charge in [-0.15, -0.1) is 0 Å². The Kier molecular flexibility index (Phi) is 3.42. The highest BCUT2D eigenvalue weighted by Crippen LogP contribution is 2.25. The van der Waals surface area contributed by atoms with Crippen molar-refractivity contribution in [2.24, 2.45) is 0 Å². The summed E-state index contributed by atoms with van der Waals surface area (Å²) in [6, 6.07) is 5.98. The monoisotopic (exact) mass is 232 g/mol. The molecule has 1 saturated heterocycles. The second kappa shape index (κ2) is 4.99. The summed E-state index contributed by atoms with van der Waals surface area (Å²) in [5.74, 6) is 0. The Labute approximate surface area is 101 Å². The molecule has 0 bridgehead atoms. The van der Waals surface area contributed by atoms with Crippen LogP contribution in [0.2, 0.25) is 0 Å². The van der Waals surface area contributed by atoms with Crippen molar-refractivity contribution in [2.75, 3.05) is 18.0 Å². The van der Waals surface area contributed by atoms with Gasteiger partial charge in [0.15, 0.2) is 0 Å². The highest BCUT2D eigenvalue weighted by atomic mass is 16.6. The Hall–Kier alpha value is -1.84. The largest absolute Gasteiger partial charge is 0.371 e. The van der Waals surface area contributed by atoms with Crippen LogP contribution < -0.4 is 4.90 Å². The van der Waals surface area contributed by atoms with E-state index in [-0.39, 0.29) is 0 Å². The van der Waals surface area contributed by atoms with Crippen LogP contribution in [0.15, 0.2) is 24.4 Å². The van der Waals surface area contributed by atoms with Gasteiger partial charge in [-0.1, -0.05) is 6.07 Å². The lowest BCUT2D eigenvalue weighted by molar-refractivity contribution is -0.400. The summed E-state index contributed by atoms with van der Waals surface area (Å²) in [7, 11) is 0. The third kappa shape index (κ3) is 2.84. The van der Waals surface area contributed by atoms with Gasteiger partial charge in [0.1, 0.15) is 0 Å². The van der Waals surface area contributed by atoms with Crippen molar-refractivity contribution in [3.05, 3.63) is 45.6 Å². The molecule has 0 N–H and O–H groups in total. The first-order chi connectivity index (χ1) is 8.16. The van der Waals surface area contributed by atoms with Crippen LogP contribution in [0.1, 0.15) is 24.0 Å². The maximum Gasteiger partial charge on any atom is 0.235 e. The molecule has 0 amide bonds. The third-order valence-electron chi connectivity index (χ3n) is 3.06. The fourth-order valence-corrected chi connectivity index (χ4v) is 2.24. The van der Waals surface area contributed by atoms with Crippen molar-refractivity contribution in [1.29, 1.82) is 0 Å². The Balaban J connectivity index is 2.19. The Bertz CT molecular complexity index is 449. The minimum atomic E-state index is -0.441. The normalized spacial score (nSPS) is 15.7. The van der Waals surface area contributed by atoms with Crippen LogP contribution in [-0.4, -0.2) is 18.0 Å². The number of benzene rings is 1. The topological polar surface area (TPSA) is 46.4 Å². The predicted molar refractivity (Wildman–Crippen MR) is 68.7 cm³/mol. The summed E-state index contributed by atoms with van der Waals surface area (Å²) in [5, 5.41) is 10.2. The number of aryl methyl sites for hydroxylation is 1. The molecule has 1 aromatic carbocycles. The van der Waals surface area contributed by atoms with E-state index in [4.69, 9.17) is 0 Å². The van der Waals surface area contributed by atoms with Crippen molar-refractivity contribution in [2.45, 2.75) is 19.8 Å². The maximum atomic E-state index is 10.2. The smallest absolute Gasteiger partial charge is 0.235 e. The van der Waals surface area contributed by atoms with Crippen LogP contribution in [-0.2, 0) is 0 Å². The number of anilines is 1. The van der Waals surface area contributed by atoms with Gasteiger partial charge in [0, 0.05) is 24.9 Å². The molecule has 0 saturated carbocycles. The molecule has 1 heterocycles. The maximum absolute atomic E-state index is 10.2. The molecule has 0 spiro atoms. The van der Waals surface area contributed by atoms with E-state index in [9.17, 15) is 10.1 Å². The van der Waals surface area contributed by atoms with Gasteiger partial charge in [-0.25, -0.2) is 0 Å².